The predicted molar refractivity (Wildman–Crippen MR) is 78.5 cm³/mol. The number of hydrogen-bond donors (Lipinski definition) is 2. The van der Waals surface area contributed by atoms with Crippen molar-refractivity contribution in [1.29, 1.82) is 0 Å². The van der Waals surface area contributed by atoms with Crippen molar-refractivity contribution in [1.82, 2.24) is 10.2 Å². The summed E-state index contributed by atoms with van der Waals surface area (Å²) in [7, 11) is 0. The van der Waals surface area contributed by atoms with Crippen molar-refractivity contribution in [2.24, 2.45) is 17.8 Å². The number of carbonyl (C=O) groups is 2. The van der Waals surface area contributed by atoms with Gasteiger partial charge < -0.3 is 15.3 Å². The molecule has 0 spiro atoms. The number of rotatable bonds is 7. The van der Waals surface area contributed by atoms with E-state index in [0.29, 0.717) is 19.0 Å². The second-order valence-corrected chi connectivity index (χ2v) is 6.47. The van der Waals surface area contributed by atoms with Gasteiger partial charge in [-0.25, -0.2) is 4.79 Å². The van der Waals surface area contributed by atoms with Crippen LogP contribution in [-0.4, -0.2) is 41.1 Å². The molecule has 20 heavy (non-hydrogen) atoms. The van der Waals surface area contributed by atoms with E-state index < -0.39 is 5.97 Å². The van der Waals surface area contributed by atoms with Gasteiger partial charge in [0, 0.05) is 25.0 Å². The molecule has 5 nitrogen and oxygen atoms in total. The van der Waals surface area contributed by atoms with Crippen molar-refractivity contribution in [3.8, 4) is 0 Å². The fourth-order valence-corrected chi connectivity index (χ4v) is 2.40. The lowest BCUT2D eigenvalue weighted by molar-refractivity contribution is -0.144. The van der Waals surface area contributed by atoms with E-state index in [-0.39, 0.29) is 23.9 Å². The third-order valence-corrected chi connectivity index (χ3v) is 4.08. The summed E-state index contributed by atoms with van der Waals surface area (Å²) in [6.07, 6.45) is 3.30. The summed E-state index contributed by atoms with van der Waals surface area (Å²) < 4.78 is 0. The van der Waals surface area contributed by atoms with Gasteiger partial charge in [-0.1, -0.05) is 33.6 Å². The van der Waals surface area contributed by atoms with E-state index in [1.165, 1.54) is 6.42 Å². The Morgan fingerprint density at radius 2 is 1.80 bits per heavy atom. The molecular weight excluding hydrogens is 256 g/mol. The van der Waals surface area contributed by atoms with Crippen LogP contribution in [0, 0.1) is 17.8 Å². The average Bonchev–Trinajstić information content (AvgIpc) is 2.25. The first kappa shape index (κ1) is 16.8. The van der Waals surface area contributed by atoms with Crippen molar-refractivity contribution >= 4 is 12.0 Å². The van der Waals surface area contributed by atoms with Crippen LogP contribution in [0.15, 0.2) is 0 Å². The van der Waals surface area contributed by atoms with Crippen LogP contribution in [0.5, 0.6) is 0 Å². The number of carbonyl (C=O) groups excluding carboxylic acids is 1. The van der Waals surface area contributed by atoms with Gasteiger partial charge in [-0.15, -0.1) is 0 Å². The highest BCUT2D eigenvalue weighted by molar-refractivity contribution is 5.76. The van der Waals surface area contributed by atoms with E-state index in [2.05, 4.69) is 19.2 Å². The number of urea groups is 1. The van der Waals surface area contributed by atoms with Crippen molar-refractivity contribution < 1.29 is 14.7 Å². The lowest BCUT2D eigenvalue weighted by Crippen LogP contribution is -2.57. The predicted octanol–water partition coefficient (Wildman–Crippen LogP) is 2.56. The summed E-state index contributed by atoms with van der Waals surface area (Å²) in [5.74, 6) is -0.360. The molecule has 5 heteroatoms. The van der Waals surface area contributed by atoms with Gasteiger partial charge in [0.05, 0.1) is 5.92 Å². The molecule has 1 heterocycles. The molecule has 1 rings (SSSR count). The van der Waals surface area contributed by atoms with Gasteiger partial charge in [0.15, 0.2) is 0 Å². The molecule has 116 valence electrons. The molecule has 0 bridgehead atoms. The Morgan fingerprint density at radius 3 is 2.30 bits per heavy atom. The van der Waals surface area contributed by atoms with E-state index in [1.54, 1.807) is 11.8 Å². The first-order valence-corrected chi connectivity index (χ1v) is 7.59. The van der Waals surface area contributed by atoms with Crippen molar-refractivity contribution in [3.05, 3.63) is 0 Å². The molecule has 0 aromatic carbocycles. The summed E-state index contributed by atoms with van der Waals surface area (Å²) in [4.78, 5) is 24.5. The summed E-state index contributed by atoms with van der Waals surface area (Å²) in [6.45, 7) is 9.24. The number of nitrogens with zero attached hydrogens (tertiary/aromatic N) is 1. The fraction of sp³-hybridized carbons (Fsp3) is 0.867. The van der Waals surface area contributed by atoms with E-state index >= 15 is 0 Å². The summed E-state index contributed by atoms with van der Waals surface area (Å²) in [6, 6.07) is 0.119. The SMILES string of the molecule is CC(C)CCCC(C)NC(=O)N1CC(C(C)C(=O)O)C1. The Balaban J connectivity index is 2.20. The molecule has 1 aliphatic rings. The molecule has 2 atom stereocenters. The summed E-state index contributed by atoms with van der Waals surface area (Å²) in [5, 5.41) is 11.9. The molecule has 0 radical (unpaired) electrons. The minimum absolute atomic E-state index is 0.0594. The van der Waals surface area contributed by atoms with Gasteiger partial charge in [0.1, 0.15) is 0 Å². The molecular formula is C15H28N2O3. The van der Waals surface area contributed by atoms with E-state index in [9.17, 15) is 9.59 Å². The maximum Gasteiger partial charge on any atom is 0.317 e. The Kier molecular flexibility index (Phi) is 6.30. The molecule has 2 unspecified atom stereocenters. The van der Waals surface area contributed by atoms with Crippen molar-refractivity contribution in [3.63, 3.8) is 0 Å². The third-order valence-electron chi connectivity index (χ3n) is 4.08. The van der Waals surface area contributed by atoms with Crippen LogP contribution in [0.25, 0.3) is 0 Å². The Labute approximate surface area is 121 Å². The Bertz CT molecular complexity index is 338. The van der Waals surface area contributed by atoms with Crippen LogP contribution in [0.2, 0.25) is 0 Å². The molecule has 0 aromatic rings. The van der Waals surface area contributed by atoms with Crippen LogP contribution in [0.4, 0.5) is 4.79 Å². The monoisotopic (exact) mass is 284 g/mol. The van der Waals surface area contributed by atoms with Gasteiger partial charge in [-0.2, -0.15) is 0 Å². The lowest BCUT2D eigenvalue weighted by Gasteiger charge is -2.41. The molecule has 0 saturated carbocycles. The number of carboxylic acids is 1. The minimum atomic E-state index is -0.780. The number of nitrogens with one attached hydrogen (secondary N) is 1. The maximum atomic E-state index is 11.9. The molecule has 2 amide bonds. The number of amides is 2. The van der Waals surface area contributed by atoms with Crippen LogP contribution < -0.4 is 5.32 Å². The highest BCUT2D eigenvalue weighted by Gasteiger charge is 2.37. The highest BCUT2D eigenvalue weighted by Crippen LogP contribution is 2.24. The fourth-order valence-electron chi connectivity index (χ4n) is 2.40. The molecule has 0 aliphatic carbocycles. The summed E-state index contributed by atoms with van der Waals surface area (Å²) >= 11 is 0. The third kappa shape index (κ3) is 5.02. The second-order valence-electron chi connectivity index (χ2n) is 6.47. The number of carboxylic acid groups (broad SMARTS) is 1. The van der Waals surface area contributed by atoms with E-state index in [0.717, 1.165) is 12.8 Å². The zero-order valence-electron chi connectivity index (χ0n) is 13.1. The van der Waals surface area contributed by atoms with Crippen LogP contribution in [0.3, 0.4) is 0 Å². The second kappa shape index (κ2) is 7.50. The van der Waals surface area contributed by atoms with E-state index in [1.807, 2.05) is 6.92 Å². The first-order chi connectivity index (χ1) is 9.31. The van der Waals surface area contributed by atoms with E-state index in [4.69, 9.17) is 5.11 Å². The van der Waals surface area contributed by atoms with Gasteiger partial charge in [-0.3, -0.25) is 4.79 Å². The Hall–Kier alpha value is -1.26. The Morgan fingerprint density at radius 1 is 1.20 bits per heavy atom. The highest BCUT2D eigenvalue weighted by atomic mass is 16.4. The lowest BCUT2D eigenvalue weighted by atomic mass is 9.87. The van der Waals surface area contributed by atoms with Crippen LogP contribution in [0.1, 0.15) is 47.0 Å². The quantitative estimate of drug-likeness (QED) is 0.755. The van der Waals surface area contributed by atoms with Gasteiger partial charge in [0.2, 0.25) is 0 Å². The summed E-state index contributed by atoms with van der Waals surface area (Å²) in [5.41, 5.74) is 0. The largest absolute Gasteiger partial charge is 0.481 e. The topological polar surface area (TPSA) is 69.6 Å². The standard InChI is InChI=1S/C15H28N2O3/c1-10(2)6-5-7-11(3)16-15(20)17-8-13(9-17)12(4)14(18)19/h10-13H,5-9H2,1-4H3,(H,16,20)(H,18,19). The van der Waals surface area contributed by atoms with Gasteiger partial charge in [0.25, 0.3) is 0 Å². The number of aliphatic carboxylic acids is 1. The van der Waals surface area contributed by atoms with Crippen molar-refractivity contribution in [2.45, 2.75) is 53.0 Å². The van der Waals surface area contributed by atoms with Crippen LogP contribution in [-0.2, 0) is 4.79 Å². The first-order valence-electron chi connectivity index (χ1n) is 7.59. The van der Waals surface area contributed by atoms with Crippen molar-refractivity contribution in [2.75, 3.05) is 13.1 Å². The average molecular weight is 284 g/mol. The molecule has 1 fully saturated rings. The smallest absolute Gasteiger partial charge is 0.317 e. The van der Waals surface area contributed by atoms with Crippen LogP contribution >= 0.6 is 0 Å². The molecule has 1 aliphatic heterocycles. The number of likely N-dealkylation sites (tertiary alicyclic amines) is 1. The maximum absolute atomic E-state index is 11.9. The minimum Gasteiger partial charge on any atom is -0.481 e. The molecule has 0 aromatic heterocycles. The molecule has 1 saturated heterocycles. The molecule has 2 N–H and O–H groups in total. The zero-order chi connectivity index (χ0) is 15.3. The van der Waals surface area contributed by atoms with Gasteiger partial charge >= 0.3 is 12.0 Å². The zero-order valence-corrected chi connectivity index (χ0v) is 13.1. The number of hydrogen-bond acceptors (Lipinski definition) is 2. The normalized spacial score (nSPS) is 18.6. The van der Waals surface area contributed by atoms with Gasteiger partial charge in [-0.05, 0) is 19.3 Å².